The molecule has 9 nitrogen and oxygen atoms in total. The summed E-state index contributed by atoms with van der Waals surface area (Å²) in [6.45, 7) is 6.70. The maximum atomic E-state index is 13.6. The average molecular weight is 533 g/mol. The van der Waals surface area contributed by atoms with E-state index < -0.39 is 47.4 Å². The average Bonchev–Trinajstić information content (AvgIpc) is 3.28. The van der Waals surface area contributed by atoms with Gasteiger partial charge in [-0.25, -0.2) is 0 Å². The van der Waals surface area contributed by atoms with Crippen LogP contribution in [0, 0.1) is 22.7 Å². The molecule has 3 heterocycles. The molecule has 4 atom stereocenters. The normalized spacial score (nSPS) is 19.5. The van der Waals surface area contributed by atoms with Gasteiger partial charge in [0.2, 0.25) is 11.8 Å². The van der Waals surface area contributed by atoms with E-state index >= 15 is 0 Å². The molecule has 0 aromatic carbocycles. The Balaban J connectivity index is 1.90. The van der Waals surface area contributed by atoms with Crippen molar-refractivity contribution >= 4 is 28.6 Å². The zero-order valence-corrected chi connectivity index (χ0v) is 21.7. The van der Waals surface area contributed by atoms with Gasteiger partial charge in [-0.05, 0) is 36.3 Å². The van der Waals surface area contributed by atoms with Gasteiger partial charge in [-0.3, -0.25) is 24.4 Å². The predicted molar refractivity (Wildman–Crippen MR) is 132 cm³/mol. The van der Waals surface area contributed by atoms with Gasteiger partial charge in [-0.1, -0.05) is 34.1 Å². The van der Waals surface area contributed by atoms with Crippen molar-refractivity contribution in [1.82, 2.24) is 25.5 Å². The summed E-state index contributed by atoms with van der Waals surface area (Å²) in [5.74, 6) is -3.70. The third-order valence-corrected chi connectivity index (χ3v) is 6.58. The number of alkyl halides is 3. The molecule has 1 aliphatic heterocycles. The maximum absolute atomic E-state index is 13.6. The van der Waals surface area contributed by atoms with Gasteiger partial charge in [0, 0.05) is 36.1 Å². The largest absolute Gasteiger partial charge is 0.471 e. The van der Waals surface area contributed by atoms with Gasteiger partial charge in [0.1, 0.15) is 18.1 Å². The third kappa shape index (κ3) is 6.38. The number of likely N-dealkylation sites (tertiary alicyclic amines) is 1. The minimum absolute atomic E-state index is 0.0694. The Hall–Kier alpha value is -3.75. The molecule has 38 heavy (non-hydrogen) atoms. The lowest BCUT2D eigenvalue weighted by atomic mass is 9.85. The van der Waals surface area contributed by atoms with Crippen LogP contribution in [0.5, 0.6) is 0 Å². The fourth-order valence-corrected chi connectivity index (χ4v) is 4.71. The molecule has 3 rings (SSSR count). The van der Waals surface area contributed by atoms with Crippen molar-refractivity contribution in [3.63, 3.8) is 0 Å². The highest BCUT2D eigenvalue weighted by molar-refractivity contribution is 5.94. The number of halogens is 3. The van der Waals surface area contributed by atoms with E-state index in [0.717, 1.165) is 6.42 Å². The number of nitriles is 1. The summed E-state index contributed by atoms with van der Waals surface area (Å²) in [7, 11) is 0. The number of hydrogen-bond acceptors (Lipinski definition) is 6. The molecule has 0 radical (unpaired) electrons. The first kappa shape index (κ1) is 28.8. The highest BCUT2D eigenvalue weighted by Crippen LogP contribution is 2.32. The molecule has 1 saturated heterocycles. The predicted octanol–water partition coefficient (Wildman–Crippen LogP) is 3.42. The number of amides is 3. The van der Waals surface area contributed by atoms with Gasteiger partial charge >= 0.3 is 12.1 Å². The Morgan fingerprint density at radius 1 is 1.21 bits per heavy atom. The van der Waals surface area contributed by atoms with Gasteiger partial charge in [-0.15, -0.1) is 0 Å². The summed E-state index contributed by atoms with van der Waals surface area (Å²) in [6, 6.07) is 1.84. The highest BCUT2D eigenvalue weighted by atomic mass is 19.4. The molecule has 3 amide bonds. The number of hydrogen-bond donors (Lipinski definition) is 2. The number of aromatic nitrogens is 2. The second-order valence-corrected chi connectivity index (χ2v) is 10.5. The summed E-state index contributed by atoms with van der Waals surface area (Å²) >= 11 is 0. The Kier molecular flexibility index (Phi) is 8.59. The highest BCUT2D eigenvalue weighted by Gasteiger charge is 2.48. The van der Waals surface area contributed by atoms with E-state index in [2.05, 4.69) is 15.3 Å². The van der Waals surface area contributed by atoms with Gasteiger partial charge in [0.05, 0.1) is 11.6 Å². The van der Waals surface area contributed by atoms with Crippen LogP contribution in [-0.2, 0) is 14.4 Å². The molecule has 1 fully saturated rings. The van der Waals surface area contributed by atoms with E-state index in [1.807, 2.05) is 18.3 Å². The van der Waals surface area contributed by atoms with E-state index in [0.29, 0.717) is 22.9 Å². The fourth-order valence-electron chi connectivity index (χ4n) is 4.71. The SMILES string of the molecule is CCC[C@H]1C[C@@H](C(=O)NC(C#N)c2cncc3cccnc23)N(C(=O)C(NC(=O)C(F)(F)F)C(C)(C)C)C1. The van der Waals surface area contributed by atoms with Crippen LogP contribution in [0.1, 0.15) is 58.6 Å². The smallest absolute Gasteiger partial charge is 0.336 e. The van der Waals surface area contributed by atoms with Crippen LogP contribution in [0.15, 0.2) is 30.7 Å². The summed E-state index contributed by atoms with van der Waals surface area (Å²) in [4.78, 5) is 48.5. The van der Waals surface area contributed by atoms with Gasteiger partial charge in [0.15, 0.2) is 0 Å². The second kappa shape index (κ2) is 11.3. The second-order valence-electron chi connectivity index (χ2n) is 10.5. The van der Waals surface area contributed by atoms with Crippen molar-refractivity contribution < 1.29 is 27.6 Å². The summed E-state index contributed by atoms with van der Waals surface area (Å²) in [6.07, 6.45) is 1.15. The number of carbonyl (C=O) groups is 3. The van der Waals surface area contributed by atoms with Crippen LogP contribution < -0.4 is 10.6 Å². The quantitative estimate of drug-likeness (QED) is 0.563. The van der Waals surface area contributed by atoms with E-state index in [-0.39, 0.29) is 18.9 Å². The third-order valence-electron chi connectivity index (χ3n) is 6.58. The van der Waals surface area contributed by atoms with Crippen LogP contribution in [0.25, 0.3) is 10.9 Å². The molecule has 0 bridgehead atoms. The molecular formula is C26H31F3N6O3. The minimum atomic E-state index is -5.17. The summed E-state index contributed by atoms with van der Waals surface area (Å²) in [5, 5.41) is 15.0. The summed E-state index contributed by atoms with van der Waals surface area (Å²) < 4.78 is 39.1. The molecule has 2 unspecified atom stereocenters. The maximum Gasteiger partial charge on any atom is 0.471 e. The topological polar surface area (TPSA) is 128 Å². The standard InChI is InChI=1S/C26H31F3N6O3/c1-5-7-15-10-19(35(14-15)23(37)21(25(2,3)4)34-24(38)26(27,28)29)22(36)33-18(11-30)17-13-31-12-16-8-6-9-32-20(16)17/h6,8-9,12-13,15,18-19,21H,5,7,10,14H2,1-4H3,(H,33,36)(H,34,38)/t15-,18?,19-,21?/m0/s1. The molecule has 204 valence electrons. The van der Waals surface area contributed by atoms with E-state index in [1.165, 1.54) is 31.9 Å². The van der Waals surface area contributed by atoms with Crippen LogP contribution >= 0.6 is 0 Å². The van der Waals surface area contributed by atoms with Crippen molar-refractivity contribution in [3.05, 3.63) is 36.3 Å². The van der Waals surface area contributed by atoms with Crippen LogP contribution in [0.2, 0.25) is 0 Å². The number of carbonyl (C=O) groups excluding carboxylic acids is 3. The van der Waals surface area contributed by atoms with Crippen LogP contribution in [-0.4, -0.2) is 57.4 Å². The molecular weight excluding hydrogens is 501 g/mol. The van der Waals surface area contributed by atoms with Crippen molar-refractivity contribution in [2.24, 2.45) is 11.3 Å². The Morgan fingerprint density at radius 3 is 2.53 bits per heavy atom. The summed E-state index contributed by atoms with van der Waals surface area (Å²) in [5.41, 5.74) is -0.206. The minimum Gasteiger partial charge on any atom is -0.336 e. The van der Waals surface area contributed by atoms with Gasteiger partial charge in [0.25, 0.3) is 0 Å². The van der Waals surface area contributed by atoms with Gasteiger partial charge in [-0.2, -0.15) is 18.4 Å². The zero-order valence-electron chi connectivity index (χ0n) is 21.7. The lowest BCUT2D eigenvalue weighted by Crippen LogP contribution is -2.59. The van der Waals surface area contributed by atoms with Crippen LogP contribution in [0.3, 0.4) is 0 Å². The van der Waals surface area contributed by atoms with Crippen molar-refractivity contribution in [1.29, 1.82) is 5.26 Å². The lowest BCUT2D eigenvalue weighted by Gasteiger charge is -2.35. The van der Waals surface area contributed by atoms with Crippen molar-refractivity contribution in [2.75, 3.05) is 6.54 Å². The monoisotopic (exact) mass is 532 g/mol. The Morgan fingerprint density at radius 2 is 1.92 bits per heavy atom. The van der Waals surface area contributed by atoms with E-state index in [9.17, 15) is 32.8 Å². The molecule has 1 aliphatic rings. The Labute approximate surface area is 218 Å². The van der Waals surface area contributed by atoms with E-state index in [1.54, 1.807) is 24.5 Å². The molecule has 2 N–H and O–H groups in total. The van der Waals surface area contributed by atoms with Gasteiger partial charge < -0.3 is 15.5 Å². The van der Waals surface area contributed by atoms with Crippen molar-refractivity contribution in [2.45, 2.75) is 71.3 Å². The first-order valence-corrected chi connectivity index (χ1v) is 12.3. The molecule has 12 heteroatoms. The number of nitrogens with one attached hydrogen (secondary N) is 2. The molecule has 2 aromatic rings. The fraction of sp³-hybridized carbons (Fsp3) is 0.538. The number of rotatable bonds is 7. The van der Waals surface area contributed by atoms with E-state index in [4.69, 9.17) is 0 Å². The van der Waals surface area contributed by atoms with Crippen LogP contribution in [0.4, 0.5) is 13.2 Å². The molecule has 0 spiro atoms. The molecule has 0 aliphatic carbocycles. The number of nitrogens with zero attached hydrogens (tertiary/aromatic N) is 4. The first-order chi connectivity index (χ1) is 17.8. The Bertz CT molecular complexity index is 1230. The molecule has 0 saturated carbocycles. The van der Waals surface area contributed by atoms with Crippen molar-refractivity contribution in [3.8, 4) is 6.07 Å². The molecule has 2 aromatic heterocycles. The number of fused-ring (bicyclic) bond motifs is 1. The number of pyridine rings is 2. The zero-order chi connectivity index (χ0) is 28.3. The lowest BCUT2D eigenvalue weighted by molar-refractivity contribution is -0.176. The first-order valence-electron chi connectivity index (χ1n) is 12.3.